The van der Waals surface area contributed by atoms with Crippen molar-refractivity contribution in [2.24, 2.45) is 5.73 Å². The Kier molecular flexibility index (Phi) is 7.27. The lowest BCUT2D eigenvalue weighted by Gasteiger charge is -2.16. The van der Waals surface area contributed by atoms with Gasteiger partial charge >= 0.3 is 0 Å². The molecule has 0 aromatic heterocycles. The lowest BCUT2D eigenvalue weighted by Crippen LogP contribution is -2.36. The zero-order valence-corrected chi connectivity index (χ0v) is 14.7. The van der Waals surface area contributed by atoms with Gasteiger partial charge in [0, 0.05) is 6.54 Å². The molecular formula is C19H25ClN2O. The van der Waals surface area contributed by atoms with Crippen LogP contribution in [-0.4, -0.2) is 12.5 Å². The average Bonchev–Trinajstić information content (AvgIpc) is 2.53. The maximum atomic E-state index is 12.2. The van der Waals surface area contributed by atoms with E-state index in [2.05, 4.69) is 43.4 Å². The second-order valence-electron chi connectivity index (χ2n) is 5.95. The molecule has 4 heteroatoms. The average molecular weight is 333 g/mol. The fourth-order valence-electron chi connectivity index (χ4n) is 2.30. The summed E-state index contributed by atoms with van der Waals surface area (Å²) in [5.74, 6) is 0.123. The van der Waals surface area contributed by atoms with Crippen molar-refractivity contribution in [3.8, 4) is 0 Å². The summed E-state index contributed by atoms with van der Waals surface area (Å²) >= 11 is 0. The number of hydrogen-bond acceptors (Lipinski definition) is 2. The van der Waals surface area contributed by atoms with Crippen molar-refractivity contribution >= 4 is 18.3 Å². The quantitative estimate of drug-likeness (QED) is 0.878. The Morgan fingerprint density at radius 1 is 0.957 bits per heavy atom. The van der Waals surface area contributed by atoms with Crippen LogP contribution in [0.5, 0.6) is 0 Å². The summed E-state index contributed by atoms with van der Waals surface area (Å²) in [6, 6.07) is 15.5. The molecule has 1 amide bonds. The van der Waals surface area contributed by atoms with Crippen LogP contribution in [0.25, 0.3) is 0 Å². The number of amides is 1. The summed E-state index contributed by atoms with van der Waals surface area (Å²) in [6.07, 6.45) is 0. The molecule has 2 aromatic rings. The van der Waals surface area contributed by atoms with E-state index in [-0.39, 0.29) is 24.2 Å². The molecule has 2 rings (SSSR count). The van der Waals surface area contributed by atoms with Crippen molar-refractivity contribution in [3.05, 3.63) is 70.8 Å². The van der Waals surface area contributed by atoms with E-state index in [0.717, 1.165) is 11.1 Å². The van der Waals surface area contributed by atoms with Gasteiger partial charge in [0.1, 0.15) is 6.04 Å². The molecule has 124 valence electrons. The number of halogens is 1. The van der Waals surface area contributed by atoms with Gasteiger partial charge in [-0.1, -0.05) is 66.6 Å². The van der Waals surface area contributed by atoms with Crippen LogP contribution in [0.2, 0.25) is 0 Å². The summed E-state index contributed by atoms with van der Waals surface area (Å²) in [5.41, 5.74) is 10.5. The highest BCUT2D eigenvalue weighted by Gasteiger charge is 2.16. The van der Waals surface area contributed by atoms with E-state index in [1.807, 2.05) is 31.2 Å². The highest BCUT2D eigenvalue weighted by molar-refractivity contribution is 5.85. The molecular weight excluding hydrogens is 308 g/mol. The maximum absolute atomic E-state index is 12.2. The molecule has 0 aliphatic heterocycles. The first-order valence-corrected chi connectivity index (χ1v) is 7.64. The van der Waals surface area contributed by atoms with Gasteiger partial charge in [-0.3, -0.25) is 4.79 Å². The molecule has 0 saturated heterocycles. The van der Waals surface area contributed by atoms with E-state index in [9.17, 15) is 4.79 Å². The third-order valence-corrected chi connectivity index (χ3v) is 3.95. The smallest absolute Gasteiger partial charge is 0.241 e. The number of nitrogens with two attached hydrogens (primary N) is 1. The van der Waals surface area contributed by atoms with E-state index in [1.165, 1.54) is 11.1 Å². The van der Waals surface area contributed by atoms with Crippen LogP contribution in [0.3, 0.4) is 0 Å². The first-order chi connectivity index (χ1) is 10.5. The number of hydrogen-bond donors (Lipinski definition) is 2. The third kappa shape index (κ3) is 5.38. The van der Waals surface area contributed by atoms with Gasteiger partial charge in [0.2, 0.25) is 5.91 Å². The zero-order chi connectivity index (χ0) is 16.1. The number of carbonyl (C=O) groups excluding carboxylic acids is 1. The lowest BCUT2D eigenvalue weighted by molar-refractivity contribution is -0.122. The maximum Gasteiger partial charge on any atom is 0.241 e. The Morgan fingerprint density at radius 2 is 1.39 bits per heavy atom. The van der Waals surface area contributed by atoms with E-state index < -0.39 is 6.04 Å². The Hall–Kier alpha value is -1.84. The highest BCUT2D eigenvalue weighted by atomic mass is 35.5. The molecule has 0 spiro atoms. The van der Waals surface area contributed by atoms with Gasteiger partial charge in [-0.15, -0.1) is 12.4 Å². The van der Waals surface area contributed by atoms with Crippen LogP contribution < -0.4 is 11.1 Å². The SMILES string of the molecule is Cc1ccc(C(C)CNC(=O)C(N)c2ccc(C)cc2)cc1.Cl. The number of rotatable bonds is 5. The summed E-state index contributed by atoms with van der Waals surface area (Å²) in [4.78, 5) is 12.2. The Bertz CT molecular complexity index is 623. The minimum Gasteiger partial charge on any atom is -0.354 e. The second-order valence-corrected chi connectivity index (χ2v) is 5.95. The molecule has 3 nitrogen and oxygen atoms in total. The number of benzene rings is 2. The van der Waals surface area contributed by atoms with Gasteiger partial charge < -0.3 is 11.1 Å². The highest BCUT2D eigenvalue weighted by Crippen LogP contribution is 2.16. The summed E-state index contributed by atoms with van der Waals surface area (Å²) in [5, 5.41) is 2.94. The van der Waals surface area contributed by atoms with Crippen LogP contribution in [-0.2, 0) is 4.79 Å². The summed E-state index contributed by atoms with van der Waals surface area (Å²) in [6.45, 7) is 6.76. The first-order valence-electron chi connectivity index (χ1n) is 7.64. The van der Waals surface area contributed by atoms with Crippen LogP contribution in [0.1, 0.15) is 41.1 Å². The normalized spacial score (nSPS) is 12.9. The molecule has 0 aliphatic carbocycles. The fraction of sp³-hybridized carbons (Fsp3) is 0.316. The van der Waals surface area contributed by atoms with Crippen LogP contribution >= 0.6 is 12.4 Å². The van der Waals surface area contributed by atoms with E-state index in [4.69, 9.17) is 5.73 Å². The molecule has 0 bridgehead atoms. The van der Waals surface area contributed by atoms with Gasteiger partial charge in [0.05, 0.1) is 0 Å². The first kappa shape index (κ1) is 19.2. The largest absolute Gasteiger partial charge is 0.354 e. The van der Waals surface area contributed by atoms with Gasteiger partial charge in [0.25, 0.3) is 0 Å². The van der Waals surface area contributed by atoms with E-state index >= 15 is 0 Å². The van der Waals surface area contributed by atoms with Crippen molar-refractivity contribution in [2.45, 2.75) is 32.7 Å². The van der Waals surface area contributed by atoms with Crippen LogP contribution in [0, 0.1) is 13.8 Å². The Balaban J connectivity index is 0.00000264. The van der Waals surface area contributed by atoms with Gasteiger partial charge in [-0.05, 0) is 30.9 Å². The van der Waals surface area contributed by atoms with Crippen molar-refractivity contribution in [1.29, 1.82) is 0 Å². The molecule has 23 heavy (non-hydrogen) atoms. The molecule has 0 heterocycles. The second kappa shape index (κ2) is 8.70. The van der Waals surface area contributed by atoms with Gasteiger partial charge in [-0.2, -0.15) is 0 Å². The molecule has 3 N–H and O–H groups in total. The van der Waals surface area contributed by atoms with Gasteiger partial charge in [-0.25, -0.2) is 0 Å². The topological polar surface area (TPSA) is 55.1 Å². The Labute approximate surface area is 144 Å². The molecule has 0 aliphatic rings. The molecule has 2 unspecified atom stereocenters. The van der Waals surface area contributed by atoms with Crippen molar-refractivity contribution in [3.63, 3.8) is 0 Å². The number of carbonyl (C=O) groups is 1. The standard InChI is InChI=1S/C19H24N2O.ClH/c1-13-4-8-16(9-5-13)15(3)12-21-19(22)18(20)17-10-6-14(2)7-11-17;/h4-11,15,18H,12,20H2,1-3H3,(H,21,22);1H. The lowest BCUT2D eigenvalue weighted by atomic mass is 9.99. The molecule has 0 saturated carbocycles. The fourth-order valence-corrected chi connectivity index (χ4v) is 2.30. The van der Waals surface area contributed by atoms with Crippen LogP contribution in [0.4, 0.5) is 0 Å². The summed E-state index contributed by atoms with van der Waals surface area (Å²) < 4.78 is 0. The third-order valence-electron chi connectivity index (χ3n) is 3.95. The predicted octanol–water partition coefficient (Wildman–Crippen LogP) is 3.64. The van der Waals surface area contributed by atoms with Gasteiger partial charge in [0.15, 0.2) is 0 Å². The molecule has 2 aromatic carbocycles. The van der Waals surface area contributed by atoms with Crippen molar-refractivity contribution in [2.75, 3.05) is 6.54 Å². The monoisotopic (exact) mass is 332 g/mol. The van der Waals surface area contributed by atoms with Crippen LogP contribution in [0.15, 0.2) is 48.5 Å². The molecule has 0 radical (unpaired) electrons. The van der Waals surface area contributed by atoms with Crippen molar-refractivity contribution in [1.82, 2.24) is 5.32 Å². The van der Waals surface area contributed by atoms with E-state index in [1.54, 1.807) is 0 Å². The zero-order valence-electron chi connectivity index (χ0n) is 13.9. The predicted molar refractivity (Wildman–Crippen MR) is 98.0 cm³/mol. The van der Waals surface area contributed by atoms with E-state index in [0.29, 0.717) is 6.54 Å². The summed E-state index contributed by atoms with van der Waals surface area (Å²) in [7, 11) is 0. The molecule has 2 atom stereocenters. The number of aryl methyl sites for hydroxylation is 2. The minimum absolute atomic E-state index is 0. The Morgan fingerprint density at radius 3 is 1.87 bits per heavy atom. The minimum atomic E-state index is -0.620. The number of nitrogens with one attached hydrogen (secondary N) is 1. The van der Waals surface area contributed by atoms with Crippen molar-refractivity contribution < 1.29 is 4.79 Å². The molecule has 0 fully saturated rings.